The molecule has 0 aliphatic rings. The van der Waals surface area contributed by atoms with E-state index < -0.39 is 24.6 Å². The molecular weight excluding hydrogens is 272 g/mol. The van der Waals surface area contributed by atoms with E-state index in [4.69, 9.17) is 0 Å². The van der Waals surface area contributed by atoms with E-state index in [1.165, 1.54) is 18.2 Å². The van der Waals surface area contributed by atoms with Gasteiger partial charge in [0.05, 0.1) is 0 Å². The van der Waals surface area contributed by atoms with E-state index in [-0.39, 0.29) is 10.3 Å². The van der Waals surface area contributed by atoms with Gasteiger partial charge in [-0.15, -0.1) is 11.3 Å². The van der Waals surface area contributed by atoms with Crippen molar-refractivity contribution >= 4 is 27.4 Å². The van der Waals surface area contributed by atoms with Crippen LogP contribution in [0.25, 0.3) is 10.1 Å². The standard InChI is InChI=1S/C11H6F4O2S/c12-7-2-1-3-8-6(7)4-9(18-8)10(16)17-5-11(13,14)15/h1-4H,5H2. The summed E-state index contributed by atoms with van der Waals surface area (Å²) in [5, 5.41) is 0.196. The van der Waals surface area contributed by atoms with Crippen LogP contribution in [0.5, 0.6) is 0 Å². The van der Waals surface area contributed by atoms with Gasteiger partial charge >= 0.3 is 12.1 Å². The lowest BCUT2D eigenvalue weighted by Crippen LogP contribution is -2.19. The summed E-state index contributed by atoms with van der Waals surface area (Å²) >= 11 is 0.888. The molecule has 0 spiro atoms. The number of rotatable bonds is 2. The first-order valence-electron chi connectivity index (χ1n) is 4.79. The highest BCUT2D eigenvalue weighted by Gasteiger charge is 2.30. The van der Waals surface area contributed by atoms with E-state index >= 15 is 0 Å². The summed E-state index contributed by atoms with van der Waals surface area (Å²) in [7, 11) is 0. The molecule has 1 heterocycles. The quantitative estimate of drug-likeness (QED) is 0.617. The van der Waals surface area contributed by atoms with Crippen molar-refractivity contribution in [1.29, 1.82) is 0 Å². The van der Waals surface area contributed by atoms with Crippen molar-refractivity contribution in [1.82, 2.24) is 0 Å². The summed E-state index contributed by atoms with van der Waals surface area (Å²) in [6.45, 7) is -1.65. The number of ether oxygens (including phenoxy) is 1. The van der Waals surface area contributed by atoms with Crippen LogP contribution in [-0.2, 0) is 4.74 Å². The third-order valence-electron chi connectivity index (χ3n) is 2.08. The molecule has 0 saturated heterocycles. The van der Waals surface area contributed by atoms with Gasteiger partial charge in [-0.25, -0.2) is 9.18 Å². The van der Waals surface area contributed by atoms with Crippen LogP contribution < -0.4 is 0 Å². The lowest BCUT2D eigenvalue weighted by molar-refractivity contribution is -0.161. The van der Waals surface area contributed by atoms with Crippen molar-refractivity contribution in [3.63, 3.8) is 0 Å². The molecule has 96 valence electrons. The average Bonchev–Trinajstić information content (AvgIpc) is 2.70. The van der Waals surface area contributed by atoms with Crippen LogP contribution in [0.15, 0.2) is 24.3 Å². The third-order valence-corrected chi connectivity index (χ3v) is 3.16. The molecule has 1 aromatic heterocycles. The summed E-state index contributed by atoms with van der Waals surface area (Å²) in [6.07, 6.45) is -4.57. The molecule has 0 bridgehead atoms. The number of alkyl halides is 3. The highest BCUT2D eigenvalue weighted by atomic mass is 32.1. The highest BCUT2D eigenvalue weighted by molar-refractivity contribution is 7.20. The number of hydrogen-bond acceptors (Lipinski definition) is 3. The Hall–Kier alpha value is -1.63. The largest absolute Gasteiger partial charge is 0.452 e. The van der Waals surface area contributed by atoms with E-state index in [0.29, 0.717) is 4.70 Å². The minimum Gasteiger partial charge on any atom is -0.452 e. The van der Waals surface area contributed by atoms with Gasteiger partial charge in [-0.3, -0.25) is 0 Å². The van der Waals surface area contributed by atoms with Crippen LogP contribution in [0.2, 0.25) is 0 Å². The van der Waals surface area contributed by atoms with Crippen molar-refractivity contribution in [3.05, 3.63) is 35.0 Å². The zero-order chi connectivity index (χ0) is 13.3. The number of halogens is 4. The Morgan fingerprint density at radius 3 is 2.67 bits per heavy atom. The Balaban J connectivity index is 2.21. The predicted molar refractivity (Wildman–Crippen MR) is 58.1 cm³/mol. The SMILES string of the molecule is O=C(OCC(F)(F)F)c1cc2c(F)cccc2s1. The van der Waals surface area contributed by atoms with E-state index in [9.17, 15) is 22.4 Å². The Morgan fingerprint density at radius 1 is 1.33 bits per heavy atom. The van der Waals surface area contributed by atoms with Gasteiger partial charge in [0, 0.05) is 10.1 Å². The number of carbonyl (C=O) groups is 1. The smallest absolute Gasteiger partial charge is 0.422 e. The number of fused-ring (bicyclic) bond motifs is 1. The van der Waals surface area contributed by atoms with Crippen LogP contribution in [-0.4, -0.2) is 18.8 Å². The summed E-state index contributed by atoms with van der Waals surface area (Å²) < 4.78 is 53.5. The fraction of sp³-hybridized carbons (Fsp3) is 0.182. The fourth-order valence-corrected chi connectivity index (χ4v) is 2.31. The molecule has 0 atom stereocenters. The second-order valence-electron chi connectivity index (χ2n) is 3.45. The molecule has 2 nitrogen and oxygen atoms in total. The highest BCUT2D eigenvalue weighted by Crippen LogP contribution is 2.28. The molecule has 0 N–H and O–H groups in total. The zero-order valence-electron chi connectivity index (χ0n) is 8.75. The van der Waals surface area contributed by atoms with Crippen LogP contribution in [0.1, 0.15) is 9.67 Å². The number of carbonyl (C=O) groups excluding carboxylic acids is 1. The Labute approximate surface area is 103 Å². The molecule has 0 aliphatic heterocycles. The van der Waals surface area contributed by atoms with Crippen molar-refractivity contribution < 1.29 is 27.1 Å². The summed E-state index contributed by atoms with van der Waals surface area (Å²) in [5.41, 5.74) is 0. The van der Waals surface area contributed by atoms with E-state index in [1.807, 2.05) is 0 Å². The topological polar surface area (TPSA) is 26.3 Å². The van der Waals surface area contributed by atoms with E-state index in [1.54, 1.807) is 6.07 Å². The van der Waals surface area contributed by atoms with Crippen LogP contribution in [0.3, 0.4) is 0 Å². The van der Waals surface area contributed by atoms with Crippen molar-refractivity contribution in [2.75, 3.05) is 6.61 Å². The van der Waals surface area contributed by atoms with Gasteiger partial charge in [-0.2, -0.15) is 13.2 Å². The lowest BCUT2D eigenvalue weighted by atomic mass is 10.2. The van der Waals surface area contributed by atoms with Gasteiger partial charge in [0.15, 0.2) is 6.61 Å². The zero-order valence-corrected chi connectivity index (χ0v) is 9.57. The lowest BCUT2D eigenvalue weighted by Gasteiger charge is -2.05. The molecule has 0 fully saturated rings. The summed E-state index contributed by atoms with van der Waals surface area (Å²) in [4.78, 5) is 11.3. The monoisotopic (exact) mass is 278 g/mol. The second-order valence-corrected chi connectivity index (χ2v) is 4.54. The molecule has 0 amide bonds. The minimum atomic E-state index is -4.57. The predicted octanol–water partition coefficient (Wildman–Crippen LogP) is 3.76. The van der Waals surface area contributed by atoms with Gasteiger partial charge < -0.3 is 4.74 Å². The van der Waals surface area contributed by atoms with Gasteiger partial charge in [-0.05, 0) is 18.2 Å². The van der Waals surface area contributed by atoms with Gasteiger partial charge in [0.1, 0.15) is 10.7 Å². The number of thiophene rings is 1. The molecule has 2 rings (SSSR count). The number of benzene rings is 1. The Morgan fingerprint density at radius 2 is 2.06 bits per heavy atom. The van der Waals surface area contributed by atoms with Crippen LogP contribution in [0.4, 0.5) is 17.6 Å². The van der Waals surface area contributed by atoms with E-state index in [2.05, 4.69) is 4.74 Å². The number of esters is 1. The third kappa shape index (κ3) is 2.79. The average molecular weight is 278 g/mol. The van der Waals surface area contributed by atoms with Crippen LogP contribution in [0, 0.1) is 5.82 Å². The number of hydrogen-bond donors (Lipinski definition) is 0. The second kappa shape index (κ2) is 4.56. The van der Waals surface area contributed by atoms with Crippen molar-refractivity contribution in [2.24, 2.45) is 0 Å². The molecule has 18 heavy (non-hydrogen) atoms. The fourth-order valence-electron chi connectivity index (χ4n) is 1.34. The van der Waals surface area contributed by atoms with Crippen LogP contribution >= 0.6 is 11.3 Å². The maximum absolute atomic E-state index is 13.3. The molecule has 0 saturated carbocycles. The maximum atomic E-state index is 13.3. The molecule has 0 radical (unpaired) electrons. The minimum absolute atomic E-state index is 0.0562. The molecule has 1 aromatic carbocycles. The normalized spacial score (nSPS) is 11.8. The van der Waals surface area contributed by atoms with Crippen molar-refractivity contribution in [3.8, 4) is 0 Å². The molecule has 2 aromatic rings. The summed E-state index contributed by atoms with van der Waals surface area (Å²) in [5.74, 6) is -1.63. The van der Waals surface area contributed by atoms with Crippen molar-refractivity contribution in [2.45, 2.75) is 6.18 Å². The van der Waals surface area contributed by atoms with Gasteiger partial charge in [0.2, 0.25) is 0 Å². The maximum Gasteiger partial charge on any atom is 0.422 e. The first-order chi connectivity index (χ1) is 8.37. The molecular formula is C11H6F4O2S. The van der Waals surface area contributed by atoms with Gasteiger partial charge in [-0.1, -0.05) is 6.07 Å². The molecule has 7 heteroatoms. The first-order valence-corrected chi connectivity index (χ1v) is 5.60. The molecule has 0 aliphatic carbocycles. The van der Waals surface area contributed by atoms with Gasteiger partial charge in [0.25, 0.3) is 0 Å². The van der Waals surface area contributed by atoms with E-state index in [0.717, 1.165) is 11.3 Å². The Kier molecular flexibility index (Phi) is 3.25. The first kappa shape index (κ1) is 12.8. The molecule has 0 unspecified atom stereocenters. The Bertz CT molecular complexity index is 588. The summed E-state index contributed by atoms with van der Waals surface area (Å²) in [6, 6.07) is 5.43.